The summed E-state index contributed by atoms with van der Waals surface area (Å²) < 4.78 is 1.65. The van der Waals surface area contributed by atoms with Gasteiger partial charge >= 0.3 is 0 Å². The molecule has 29 heavy (non-hydrogen) atoms. The Labute approximate surface area is 172 Å². The van der Waals surface area contributed by atoms with Crippen LogP contribution in [0.3, 0.4) is 0 Å². The van der Waals surface area contributed by atoms with Crippen molar-refractivity contribution in [2.24, 2.45) is 5.92 Å². The third-order valence-electron chi connectivity index (χ3n) is 4.75. The van der Waals surface area contributed by atoms with Crippen LogP contribution in [0.1, 0.15) is 33.6 Å². The van der Waals surface area contributed by atoms with Gasteiger partial charge in [-0.2, -0.15) is 0 Å². The van der Waals surface area contributed by atoms with E-state index in [0.29, 0.717) is 23.0 Å². The van der Waals surface area contributed by atoms with Gasteiger partial charge in [0.25, 0.3) is 11.5 Å². The van der Waals surface area contributed by atoms with Crippen molar-refractivity contribution in [1.29, 1.82) is 0 Å². The zero-order valence-electron chi connectivity index (χ0n) is 15.8. The number of hydrogen-bond acceptors (Lipinski definition) is 4. The predicted molar refractivity (Wildman–Crippen MR) is 113 cm³/mol. The van der Waals surface area contributed by atoms with Crippen LogP contribution in [0, 0.1) is 5.92 Å². The Balaban J connectivity index is 1.30. The number of nitrogens with one attached hydrogen (secondary N) is 2. The number of hydrogen-bond donors (Lipinski definition) is 2. The highest BCUT2D eigenvalue weighted by molar-refractivity contribution is 7.18. The molecule has 0 atom stereocenters. The maximum absolute atomic E-state index is 12.4. The molecular weight excluding hydrogens is 386 g/mol. The van der Waals surface area contributed by atoms with Gasteiger partial charge in [-0.15, -0.1) is 11.3 Å². The Morgan fingerprint density at radius 1 is 1.00 bits per heavy atom. The molecule has 0 bridgehead atoms. The first-order valence-corrected chi connectivity index (χ1v) is 10.3. The lowest BCUT2D eigenvalue weighted by atomic mass is 10.1. The van der Waals surface area contributed by atoms with Gasteiger partial charge in [-0.1, -0.05) is 30.3 Å². The van der Waals surface area contributed by atoms with Crippen molar-refractivity contribution in [2.75, 3.05) is 5.32 Å². The fourth-order valence-electron chi connectivity index (χ4n) is 2.92. The second kappa shape index (κ2) is 8.45. The lowest BCUT2D eigenvalue weighted by Crippen LogP contribution is -2.22. The van der Waals surface area contributed by atoms with Crippen LogP contribution in [0.4, 0.5) is 5.00 Å². The van der Waals surface area contributed by atoms with E-state index >= 15 is 0 Å². The number of anilines is 1. The molecular formula is C22H21N3O3S. The number of thiophene rings is 1. The van der Waals surface area contributed by atoms with Crippen LogP contribution in [0.15, 0.2) is 65.6 Å². The molecule has 1 aromatic carbocycles. The molecule has 3 aromatic rings. The molecule has 0 radical (unpaired) electrons. The van der Waals surface area contributed by atoms with Gasteiger partial charge in [0.1, 0.15) is 0 Å². The number of pyridine rings is 1. The van der Waals surface area contributed by atoms with Gasteiger partial charge in [-0.3, -0.25) is 14.4 Å². The van der Waals surface area contributed by atoms with E-state index in [1.165, 1.54) is 17.4 Å². The van der Waals surface area contributed by atoms with Crippen molar-refractivity contribution in [3.63, 3.8) is 0 Å². The Bertz CT molecular complexity index is 1080. The normalized spacial score (nSPS) is 13.1. The molecule has 1 saturated carbocycles. The molecule has 4 rings (SSSR count). The summed E-state index contributed by atoms with van der Waals surface area (Å²) >= 11 is 1.28. The second-order valence-electron chi connectivity index (χ2n) is 7.09. The molecule has 0 aliphatic heterocycles. The van der Waals surface area contributed by atoms with E-state index in [9.17, 15) is 14.4 Å². The highest BCUT2D eigenvalue weighted by Crippen LogP contribution is 2.31. The predicted octanol–water partition coefficient (Wildman–Crippen LogP) is 3.24. The van der Waals surface area contributed by atoms with Gasteiger partial charge < -0.3 is 15.2 Å². The lowest BCUT2D eigenvalue weighted by molar-refractivity contribution is -0.117. The van der Waals surface area contributed by atoms with Crippen LogP contribution in [-0.2, 0) is 17.9 Å². The number of nitrogens with zero attached hydrogens (tertiary/aromatic N) is 1. The average Bonchev–Trinajstić information content (AvgIpc) is 3.48. The molecule has 2 heterocycles. The smallest absolute Gasteiger partial charge is 0.261 e. The Hall–Kier alpha value is -3.19. The summed E-state index contributed by atoms with van der Waals surface area (Å²) in [5.41, 5.74) is 1.96. The third-order valence-corrected chi connectivity index (χ3v) is 5.75. The fourth-order valence-corrected chi connectivity index (χ4v) is 3.74. The SMILES string of the molecule is O=C(NCc1ccc(Cn2ccccc2=O)cc1)c1ccc(NC(=O)C2CC2)s1. The molecule has 2 amide bonds. The number of amides is 2. The number of carbonyl (C=O) groups excluding carboxylic acids is 2. The standard InChI is InChI=1S/C22H21N3O3S/c26-20-3-1-2-12-25(20)14-16-6-4-15(5-7-16)13-23-22(28)18-10-11-19(29-18)24-21(27)17-8-9-17/h1-7,10-12,17H,8-9,13-14H2,(H,23,28)(H,24,27). The summed E-state index contributed by atoms with van der Waals surface area (Å²) in [5, 5.41) is 6.46. The summed E-state index contributed by atoms with van der Waals surface area (Å²) in [6.07, 6.45) is 3.66. The molecule has 2 N–H and O–H groups in total. The maximum atomic E-state index is 12.4. The van der Waals surface area contributed by atoms with Crippen molar-refractivity contribution < 1.29 is 9.59 Å². The molecule has 1 aliphatic carbocycles. The van der Waals surface area contributed by atoms with E-state index in [1.807, 2.05) is 30.3 Å². The molecule has 6 nitrogen and oxygen atoms in total. The minimum absolute atomic E-state index is 0.0347. The number of rotatable bonds is 7. The van der Waals surface area contributed by atoms with Crippen molar-refractivity contribution in [3.05, 3.63) is 87.2 Å². The Kier molecular flexibility index (Phi) is 5.57. The highest BCUT2D eigenvalue weighted by atomic mass is 32.1. The summed E-state index contributed by atoms with van der Waals surface area (Å²) in [6.45, 7) is 0.920. The molecule has 7 heteroatoms. The van der Waals surface area contributed by atoms with Crippen LogP contribution in [0.2, 0.25) is 0 Å². The zero-order chi connectivity index (χ0) is 20.2. The molecule has 2 aromatic heterocycles. The first-order chi connectivity index (χ1) is 14.1. The quantitative estimate of drug-likeness (QED) is 0.631. The van der Waals surface area contributed by atoms with Crippen LogP contribution in [0.25, 0.3) is 0 Å². The number of aromatic nitrogens is 1. The molecule has 148 valence electrons. The minimum Gasteiger partial charge on any atom is -0.347 e. The van der Waals surface area contributed by atoms with Crippen molar-refractivity contribution in [3.8, 4) is 0 Å². The van der Waals surface area contributed by atoms with Crippen molar-refractivity contribution in [2.45, 2.75) is 25.9 Å². The van der Waals surface area contributed by atoms with E-state index in [2.05, 4.69) is 10.6 Å². The zero-order valence-corrected chi connectivity index (χ0v) is 16.6. The monoisotopic (exact) mass is 407 g/mol. The van der Waals surface area contributed by atoms with Gasteiger partial charge in [0.05, 0.1) is 16.4 Å². The maximum Gasteiger partial charge on any atom is 0.261 e. The topological polar surface area (TPSA) is 80.2 Å². The van der Waals surface area contributed by atoms with Gasteiger partial charge in [-0.05, 0) is 42.2 Å². The lowest BCUT2D eigenvalue weighted by Gasteiger charge is -2.07. The first-order valence-electron chi connectivity index (χ1n) is 9.51. The van der Waals surface area contributed by atoms with E-state index < -0.39 is 0 Å². The molecule has 1 fully saturated rings. The number of carbonyl (C=O) groups is 2. The number of benzene rings is 1. The largest absolute Gasteiger partial charge is 0.347 e. The second-order valence-corrected chi connectivity index (χ2v) is 8.18. The third kappa shape index (κ3) is 5.00. The van der Waals surface area contributed by atoms with Crippen molar-refractivity contribution in [1.82, 2.24) is 9.88 Å². The van der Waals surface area contributed by atoms with Crippen LogP contribution < -0.4 is 16.2 Å². The van der Waals surface area contributed by atoms with E-state index in [-0.39, 0.29) is 23.3 Å². The van der Waals surface area contributed by atoms with E-state index in [4.69, 9.17) is 0 Å². The summed E-state index contributed by atoms with van der Waals surface area (Å²) in [7, 11) is 0. The first kappa shape index (κ1) is 19.1. The van der Waals surface area contributed by atoms with Crippen LogP contribution in [0.5, 0.6) is 0 Å². The summed E-state index contributed by atoms with van der Waals surface area (Å²) in [4.78, 5) is 36.5. The van der Waals surface area contributed by atoms with E-state index in [1.54, 1.807) is 29.0 Å². The van der Waals surface area contributed by atoms with Gasteiger partial charge in [0.15, 0.2) is 0 Å². The average molecular weight is 407 g/mol. The van der Waals surface area contributed by atoms with Gasteiger partial charge in [0, 0.05) is 24.7 Å². The van der Waals surface area contributed by atoms with E-state index in [0.717, 1.165) is 24.0 Å². The van der Waals surface area contributed by atoms with Gasteiger partial charge in [-0.25, -0.2) is 0 Å². The van der Waals surface area contributed by atoms with Gasteiger partial charge in [0.2, 0.25) is 5.91 Å². The molecule has 0 saturated heterocycles. The molecule has 1 aliphatic rings. The minimum atomic E-state index is -0.165. The fraction of sp³-hybridized carbons (Fsp3) is 0.227. The summed E-state index contributed by atoms with van der Waals surface area (Å²) in [6, 6.07) is 16.4. The van der Waals surface area contributed by atoms with Crippen LogP contribution >= 0.6 is 11.3 Å². The van der Waals surface area contributed by atoms with Crippen molar-refractivity contribution >= 4 is 28.2 Å². The molecule has 0 spiro atoms. The molecule has 0 unspecified atom stereocenters. The summed E-state index contributed by atoms with van der Waals surface area (Å²) in [5.74, 6) is 0.0105. The Morgan fingerprint density at radius 2 is 1.76 bits per heavy atom. The van der Waals surface area contributed by atoms with Crippen LogP contribution in [-0.4, -0.2) is 16.4 Å². The Morgan fingerprint density at radius 3 is 2.48 bits per heavy atom. The highest BCUT2D eigenvalue weighted by Gasteiger charge is 2.29.